The smallest absolute Gasteiger partial charge is 0.222 e. The maximum absolute atomic E-state index is 14.2. The van der Waals surface area contributed by atoms with Crippen LogP contribution in [-0.4, -0.2) is 17.6 Å². The van der Waals surface area contributed by atoms with Gasteiger partial charge >= 0.3 is 0 Å². The zero-order chi connectivity index (χ0) is 20.2. The van der Waals surface area contributed by atoms with Gasteiger partial charge in [-0.1, -0.05) is 48.6 Å². The molecule has 0 amide bonds. The van der Waals surface area contributed by atoms with Crippen LogP contribution < -0.4 is 0 Å². The molecule has 0 radical (unpaired) electrons. The zero-order valence-electron chi connectivity index (χ0n) is 15.8. The van der Waals surface area contributed by atoms with E-state index in [1.807, 2.05) is 30.3 Å². The molecule has 1 aromatic rings. The van der Waals surface area contributed by atoms with Crippen molar-refractivity contribution in [3.8, 4) is 0 Å². The van der Waals surface area contributed by atoms with E-state index < -0.39 is 11.7 Å². The molecular weight excluding hydrogens is 372 g/mol. The molecule has 0 spiro atoms. The average molecular weight is 393 g/mol. The summed E-state index contributed by atoms with van der Waals surface area (Å²) in [5.74, 6) is -0.942. The lowest BCUT2D eigenvalue weighted by molar-refractivity contribution is 0.317. The predicted molar refractivity (Wildman–Crippen MR) is 110 cm³/mol. The van der Waals surface area contributed by atoms with Gasteiger partial charge in [0.05, 0.1) is 0 Å². The summed E-state index contributed by atoms with van der Waals surface area (Å²) < 4.78 is 33.9. The normalized spacial score (nSPS) is 21.7. The molecule has 0 saturated carbocycles. The molecule has 0 fully saturated rings. The Balaban J connectivity index is 1.48. The van der Waals surface area contributed by atoms with E-state index in [0.29, 0.717) is 6.42 Å². The average Bonchev–Trinajstić information content (AvgIpc) is 3.01. The first-order valence-electron chi connectivity index (χ1n) is 9.57. The molecule has 4 rings (SSSR count). The van der Waals surface area contributed by atoms with Crippen molar-refractivity contribution in [1.29, 1.82) is 0 Å². The molecule has 2 aliphatic carbocycles. The molecule has 1 aliphatic heterocycles. The Hall–Kier alpha value is -3.21. The van der Waals surface area contributed by atoms with Crippen molar-refractivity contribution in [2.45, 2.75) is 25.3 Å². The Bertz CT molecular complexity index is 1010. The van der Waals surface area contributed by atoms with Gasteiger partial charge in [-0.3, -0.25) is 0 Å². The van der Waals surface area contributed by atoms with E-state index >= 15 is 0 Å². The lowest BCUT2D eigenvalue weighted by atomic mass is 10.0. The molecule has 3 aliphatic rings. The summed E-state index contributed by atoms with van der Waals surface area (Å²) in [6, 6.07) is 7.69. The van der Waals surface area contributed by atoms with Gasteiger partial charge in [0.2, 0.25) is 5.90 Å². The number of aliphatic hydroxyl groups is 1. The highest BCUT2D eigenvalue weighted by molar-refractivity contribution is 5.99. The maximum Gasteiger partial charge on any atom is 0.222 e. The molecule has 3 nitrogen and oxygen atoms in total. The number of halogens is 2. The van der Waals surface area contributed by atoms with Crippen molar-refractivity contribution in [2.75, 3.05) is 6.61 Å². The highest BCUT2D eigenvalue weighted by Crippen LogP contribution is 2.31. The molecule has 1 aromatic carbocycles. The van der Waals surface area contributed by atoms with Crippen molar-refractivity contribution < 1.29 is 18.6 Å². The standard InChI is InChI=1S/C24H21F2NO2/c25-20-6-1-2-7-21(26)23(20)24-27-22(15-29-24)18-11-8-17(9-12-18)14-16-4-3-5-19(28)13-10-16/h1-2,4-6,8-13,22,28H,3,7,14-15H2. The summed E-state index contributed by atoms with van der Waals surface area (Å²) >= 11 is 0. The van der Waals surface area contributed by atoms with Crippen LogP contribution in [0.2, 0.25) is 0 Å². The minimum Gasteiger partial charge on any atom is -0.508 e. The first kappa shape index (κ1) is 19.1. The van der Waals surface area contributed by atoms with Crippen LogP contribution in [0.5, 0.6) is 0 Å². The van der Waals surface area contributed by atoms with Gasteiger partial charge in [-0.2, -0.15) is 0 Å². The van der Waals surface area contributed by atoms with Gasteiger partial charge in [0.1, 0.15) is 35.6 Å². The highest BCUT2D eigenvalue weighted by Gasteiger charge is 2.28. The number of rotatable bonds is 4. The molecule has 0 bridgehead atoms. The third-order valence-electron chi connectivity index (χ3n) is 5.00. The summed E-state index contributed by atoms with van der Waals surface area (Å²) in [6.07, 6.45) is 13.2. The monoisotopic (exact) mass is 393 g/mol. The van der Waals surface area contributed by atoms with Crippen molar-refractivity contribution in [3.05, 3.63) is 106 Å². The van der Waals surface area contributed by atoms with Crippen LogP contribution in [0.4, 0.5) is 8.78 Å². The Morgan fingerprint density at radius 3 is 2.76 bits per heavy atom. The summed E-state index contributed by atoms with van der Waals surface area (Å²) in [7, 11) is 0. The van der Waals surface area contributed by atoms with E-state index in [4.69, 9.17) is 4.74 Å². The molecule has 29 heavy (non-hydrogen) atoms. The minimum absolute atomic E-state index is 0.0232. The first-order chi connectivity index (χ1) is 14.1. The molecule has 5 heteroatoms. The van der Waals surface area contributed by atoms with Crippen LogP contribution in [0, 0.1) is 0 Å². The molecule has 1 atom stereocenters. The third-order valence-corrected chi connectivity index (χ3v) is 5.00. The molecule has 1 unspecified atom stereocenters. The largest absolute Gasteiger partial charge is 0.508 e. The molecule has 0 saturated heterocycles. The Kier molecular flexibility index (Phi) is 5.56. The summed E-state index contributed by atoms with van der Waals surface area (Å²) in [4.78, 5) is 4.42. The quantitative estimate of drug-likeness (QED) is 0.675. The van der Waals surface area contributed by atoms with Gasteiger partial charge in [-0.05, 0) is 47.8 Å². The maximum atomic E-state index is 14.2. The van der Waals surface area contributed by atoms with Crippen LogP contribution in [0.25, 0.3) is 0 Å². The van der Waals surface area contributed by atoms with Crippen LogP contribution in [0.15, 0.2) is 100 Å². The number of hydrogen-bond donors (Lipinski definition) is 1. The fraction of sp³-hybridized carbons (Fsp3) is 0.208. The fourth-order valence-corrected chi connectivity index (χ4v) is 3.42. The second-order valence-electron chi connectivity index (χ2n) is 7.08. The van der Waals surface area contributed by atoms with E-state index in [-0.39, 0.29) is 36.3 Å². The molecule has 148 valence electrons. The molecule has 1 N–H and O–H groups in total. The van der Waals surface area contributed by atoms with Crippen LogP contribution in [0.3, 0.4) is 0 Å². The van der Waals surface area contributed by atoms with Gasteiger partial charge in [0.25, 0.3) is 0 Å². The van der Waals surface area contributed by atoms with Crippen molar-refractivity contribution in [2.24, 2.45) is 4.99 Å². The van der Waals surface area contributed by atoms with Crippen LogP contribution in [0.1, 0.15) is 30.0 Å². The summed E-state index contributed by atoms with van der Waals surface area (Å²) in [6.45, 7) is 0.255. The topological polar surface area (TPSA) is 41.8 Å². The number of aliphatic hydroxyl groups excluding tert-OH is 1. The Morgan fingerprint density at radius 2 is 1.93 bits per heavy atom. The Morgan fingerprint density at radius 1 is 1.10 bits per heavy atom. The third kappa shape index (κ3) is 4.45. The number of allylic oxidation sites excluding steroid dienone is 9. The van der Waals surface area contributed by atoms with Gasteiger partial charge in [0, 0.05) is 6.42 Å². The van der Waals surface area contributed by atoms with Gasteiger partial charge in [-0.15, -0.1) is 0 Å². The van der Waals surface area contributed by atoms with E-state index in [1.165, 1.54) is 12.2 Å². The number of ether oxygens (including phenoxy) is 1. The SMILES string of the molecule is OC1=CCC=C(Cc2ccc(C3COC(C4=C(F)CC=CC=C4F)=N3)cc2)C=C1. The van der Waals surface area contributed by atoms with Crippen LogP contribution >= 0.6 is 0 Å². The second-order valence-corrected chi connectivity index (χ2v) is 7.08. The number of aliphatic imine (C=N–C) groups is 1. The van der Waals surface area contributed by atoms with Crippen molar-refractivity contribution >= 4 is 5.90 Å². The van der Waals surface area contributed by atoms with Crippen molar-refractivity contribution in [1.82, 2.24) is 0 Å². The number of nitrogens with zero attached hydrogens (tertiary/aromatic N) is 1. The predicted octanol–water partition coefficient (Wildman–Crippen LogP) is 6.06. The minimum atomic E-state index is -0.670. The van der Waals surface area contributed by atoms with Crippen LogP contribution in [-0.2, 0) is 11.2 Å². The number of hydrogen-bond acceptors (Lipinski definition) is 3. The fourth-order valence-electron chi connectivity index (χ4n) is 3.42. The van der Waals surface area contributed by atoms with E-state index in [1.54, 1.807) is 18.2 Å². The Labute approximate surface area is 168 Å². The molecular formula is C24H21F2NO2. The summed E-state index contributed by atoms with van der Waals surface area (Å²) in [5.41, 5.74) is 3.02. The second kappa shape index (κ2) is 8.43. The zero-order valence-corrected chi connectivity index (χ0v) is 15.8. The lowest BCUT2D eigenvalue weighted by Gasteiger charge is -2.07. The van der Waals surface area contributed by atoms with Gasteiger partial charge in [-0.25, -0.2) is 13.8 Å². The van der Waals surface area contributed by atoms with E-state index in [0.717, 1.165) is 23.1 Å². The molecule has 0 aromatic heterocycles. The van der Waals surface area contributed by atoms with Gasteiger partial charge in [0.15, 0.2) is 0 Å². The van der Waals surface area contributed by atoms with Gasteiger partial charge < -0.3 is 9.84 Å². The van der Waals surface area contributed by atoms with Crippen molar-refractivity contribution in [3.63, 3.8) is 0 Å². The number of benzene rings is 1. The lowest BCUT2D eigenvalue weighted by Crippen LogP contribution is -2.06. The van der Waals surface area contributed by atoms with E-state index in [9.17, 15) is 13.9 Å². The first-order valence-corrected chi connectivity index (χ1v) is 9.57. The molecule has 1 heterocycles. The van der Waals surface area contributed by atoms with E-state index in [2.05, 4.69) is 11.1 Å². The highest BCUT2D eigenvalue weighted by atomic mass is 19.1. The summed E-state index contributed by atoms with van der Waals surface area (Å²) in [5, 5.41) is 9.55.